The molecule has 0 bridgehead atoms. The zero-order valence-corrected chi connectivity index (χ0v) is 7.09. The molecular weight excluding hydrogens is 140 g/mol. The van der Waals surface area contributed by atoms with Crippen molar-refractivity contribution in [3.8, 4) is 0 Å². The van der Waals surface area contributed by atoms with Crippen LogP contribution in [0.15, 0.2) is 24.3 Å². The fraction of sp³-hybridized carbons (Fsp3) is 0.444. The van der Waals surface area contributed by atoms with E-state index in [1.807, 2.05) is 19.9 Å². The molecular formula is C9H14O2. The minimum atomic E-state index is -0.225. The fourth-order valence-corrected chi connectivity index (χ4v) is 0.478. The smallest absolute Gasteiger partial charge is 0.309 e. The van der Waals surface area contributed by atoms with Gasteiger partial charge in [-0.1, -0.05) is 11.6 Å². The van der Waals surface area contributed by atoms with Gasteiger partial charge in [0.25, 0.3) is 0 Å². The molecule has 0 aliphatic carbocycles. The normalized spacial score (nSPS) is 8.55. The predicted molar refractivity (Wildman–Crippen MR) is 45.2 cm³/mol. The molecule has 0 aromatic heterocycles. The minimum absolute atomic E-state index is 0.225. The van der Waals surface area contributed by atoms with E-state index < -0.39 is 0 Å². The number of allylic oxidation sites excluding steroid dienone is 1. The molecule has 0 unspecified atom stereocenters. The monoisotopic (exact) mass is 154 g/mol. The number of esters is 1. The molecule has 0 radical (unpaired) electrons. The van der Waals surface area contributed by atoms with Crippen molar-refractivity contribution in [2.24, 2.45) is 0 Å². The number of rotatable bonds is 4. The number of carbonyl (C=O) groups excluding carboxylic acids is 1. The first-order valence-corrected chi connectivity index (χ1v) is 3.56. The maximum absolute atomic E-state index is 10.7. The van der Waals surface area contributed by atoms with Crippen molar-refractivity contribution in [1.82, 2.24) is 0 Å². The Hall–Kier alpha value is -1.05. The first kappa shape index (κ1) is 9.95. The highest BCUT2D eigenvalue weighted by atomic mass is 16.5. The molecule has 0 atom stereocenters. The van der Waals surface area contributed by atoms with Gasteiger partial charge in [-0.25, -0.2) is 0 Å². The van der Waals surface area contributed by atoms with Gasteiger partial charge in [-0.3, -0.25) is 4.79 Å². The number of hydrogen-bond acceptors (Lipinski definition) is 2. The van der Waals surface area contributed by atoms with E-state index in [-0.39, 0.29) is 12.4 Å². The van der Waals surface area contributed by atoms with Crippen molar-refractivity contribution >= 4 is 5.97 Å². The van der Waals surface area contributed by atoms with Gasteiger partial charge >= 0.3 is 5.97 Å². The molecule has 0 amide bonds. The van der Waals surface area contributed by atoms with Crippen LogP contribution < -0.4 is 0 Å². The van der Waals surface area contributed by atoms with Crippen LogP contribution in [0.25, 0.3) is 0 Å². The largest absolute Gasteiger partial charge is 0.461 e. The molecule has 0 saturated heterocycles. The van der Waals surface area contributed by atoms with Crippen molar-refractivity contribution in [1.29, 1.82) is 0 Å². The first-order valence-electron chi connectivity index (χ1n) is 3.56. The van der Waals surface area contributed by atoms with Crippen LogP contribution in [0.3, 0.4) is 0 Å². The van der Waals surface area contributed by atoms with Gasteiger partial charge in [0.15, 0.2) is 0 Å². The van der Waals surface area contributed by atoms with Crippen LogP contribution in [0.5, 0.6) is 0 Å². The van der Waals surface area contributed by atoms with Gasteiger partial charge in [-0.15, -0.1) is 6.58 Å². The highest BCUT2D eigenvalue weighted by Crippen LogP contribution is 1.91. The SMILES string of the molecule is C=CCC(=O)OCC=C(C)C. The summed E-state index contributed by atoms with van der Waals surface area (Å²) >= 11 is 0. The van der Waals surface area contributed by atoms with Gasteiger partial charge in [0, 0.05) is 0 Å². The van der Waals surface area contributed by atoms with E-state index in [1.165, 1.54) is 6.08 Å². The summed E-state index contributed by atoms with van der Waals surface area (Å²) in [7, 11) is 0. The molecule has 0 heterocycles. The summed E-state index contributed by atoms with van der Waals surface area (Å²) in [6, 6.07) is 0. The van der Waals surface area contributed by atoms with E-state index in [0.29, 0.717) is 6.61 Å². The molecule has 0 aliphatic rings. The molecule has 0 fully saturated rings. The molecule has 62 valence electrons. The second kappa shape index (κ2) is 5.71. The van der Waals surface area contributed by atoms with E-state index in [9.17, 15) is 4.79 Å². The Bertz CT molecular complexity index is 164. The highest BCUT2D eigenvalue weighted by molar-refractivity contribution is 5.71. The lowest BCUT2D eigenvalue weighted by molar-refractivity contribution is -0.141. The van der Waals surface area contributed by atoms with Gasteiger partial charge in [-0.05, 0) is 19.9 Å². The van der Waals surface area contributed by atoms with Crippen molar-refractivity contribution in [3.05, 3.63) is 24.3 Å². The van der Waals surface area contributed by atoms with Crippen LogP contribution in [-0.2, 0) is 9.53 Å². The van der Waals surface area contributed by atoms with Crippen LogP contribution in [0.1, 0.15) is 20.3 Å². The summed E-state index contributed by atoms with van der Waals surface area (Å²) in [6.07, 6.45) is 3.68. The van der Waals surface area contributed by atoms with Gasteiger partial charge < -0.3 is 4.74 Å². The molecule has 11 heavy (non-hydrogen) atoms. The summed E-state index contributed by atoms with van der Waals surface area (Å²) < 4.78 is 4.81. The van der Waals surface area contributed by atoms with Gasteiger partial charge in [0.05, 0.1) is 6.42 Å². The fourth-order valence-electron chi connectivity index (χ4n) is 0.478. The lowest BCUT2D eigenvalue weighted by Crippen LogP contribution is -2.02. The Morgan fingerprint density at radius 3 is 2.64 bits per heavy atom. The molecule has 2 heteroatoms. The second-order valence-corrected chi connectivity index (χ2v) is 2.46. The van der Waals surface area contributed by atoms with Gasteiger partial charge in [-0.2, -0.15) is 0 Å². The Morgan fingerprint density at radius 1 is 1.55 bits per heavy atom. The topological polar surface area (TPSA) is 26.3 Å². The molecule has 2 nitrogen and oxygen atoms in total. The molecule has 0 aromatic carbocycles. The molecule has 0 aromatic rings. The Labute approximate surface area is 67.6 Å². The van der Waals surface area contributed by atoms with Gasteiger partial charge in [0.1, 0.15) is 6.61 Å². The lowest BCUT2D eigenvalue weighted by atomic mass is 10.3. The molecule has 0 aliphatic heterocycles. The summed E-state index contributed by atoms with van der Waals surface area (Å²) in [4.78, 5) is 10.7. The zero-order chi connectivity index (χ0) is 8.69. The zero-order valence-electron chi connectivity index (χ0n) is 7.09. The molecule has 0 N–H and O–H groups in total. The molecule has 0 rings (SSSR count). The number of hydrogen-bond donors (Lipinski definition) is 0. The average Bonchev–Trinajstić information content (AvgIpc) is 1.87. The minimum Gasteiger partial charge on any atom is -0.461 e. The van der Waals surface area contributed by atoms with E-state index in [4.69, 9.17) is 4.74 Å². The Kier molecular flexibility index (Phi) is 5.17. The van der Waals surface area contributed by atoms with Crippen molar-refractivity contribution in [3.63, 3.8) is 0 Å². The van der Waals surface area contributed by atoms with E-state index in [0.717, 1.165) is 5.57 Å². The Balaban J connectivity index is 3.46. The van der Waals surface area contributed by atoms with E-state index in [2.05, 4.69) is 6.58 Å². The second-order valence-electron chi connectivity index (χ2n) is 2.46. The molecule has 0 spiro atoms. The third-order valence-electron chi connectivity index (χ3n) is 1.05. The highest BCUT2D eigenvalue weighted by Gasteiger charge is 1.95. The van der Waals surface area contributed by atoms with Crippen molar-refractivity contribution in [2.75, 3.05) is 6.61 Å². The molecule has 0 saturated carbocycles. The van der Waals surface area contributed by atoms with Crippen LogP contribution in [-0.4, -0.2) is 12.6 Å². The summed E-state index contributed by atoms with van der Waals surface area (Å²) in [5.74, 6) is -0.225. The van der Waals surface area contributed by atoms with Crippen LogP contribution in [0.4, 0.5) is 0 Å². The third-order valence-corrected chi connectivity index (χ3v) is 1.05. The number of carbonyl (C=O) groups is 1. The lowest BCUT2D eigenvalue weighted by Gasteiger charge is -1.98. The van der Waals surface area contributed by atoms with E-state index >= 15 is 0 Å². The van der Waals surface area contributed by atoms with Crippen LogP contribution in [0.2, 0.25) is 0 Å². The standard InChI is InChI=1S/C9H14O2/c1-4-5-9(10)11-7-6-8(2)3/h4,6H,1,5,7H2,2-3H3. The maximum atomic E-state index is 10.7. The van der Waals surface area contributed by atoms with Crippen molar-refractivity contribution in [2.45, 2.75) is 20.3 Å². The summed E-state index contributed by atoms with van der Waals surface area (Å²) in [5, 5.41) is 0. The van der Waals surface area contributed by atoms with Crippen molar-refractivity contribution < 1.29 is 9.53 Å². The Morgan fingerprint density at radius 2 is 2.18 bits per heavy atom. The average molecular weight is 154 g/mol. The van der Waals surface area contributed by atoms with E-state index in [1.54, 1.807) is 0 Å². The number of ether oxygens (including phenoxy) is 1. The quantitative estimate of drug-likeness (QED) is 0.457. The van der Waals surface area contributed by atoms with Gasteiger partial charge in [0.2, 0.25) is 0 Å². The van der Waals surface area contributed by atoms with Crippen LogP contribution >= 0.6 is 0 Å². The first-order chi connectivity index (χ1) is 5.16. The van der Waals surface area contributed by atoms with Crippen LogP contribution in [0, 0.1) is 0 Å². The maximum Gasteiger partial charge on any atom is 0.309 e. The summed E-state index contributed by atoms with van der Waals surface area (Å²) in [5.41, 5.74) is 1.15. The summed E-state index contributed by atoms with van der Waals surface area (Å²) in [6.45, 7) is 7.72. The predicted octanol–water partition coefficient (Wildman–Crippen LogP) is 2.07. The third kappa shape index (κ3) is 6.84.